The Kier molecular flexibility index (Phi) is 5.78. The van der Waals surface area contributed by atoms with Gasteiger partial charge in [0.05, 0.1) is 0 Å². The van der Waals surface area contributed by atoms with Crippen molar-refractivity contribution in [3.63, 3.8) is 0 Å². The van der Waals surface area contributed by atoms with Crippen LogP contribution in [0.25, 0.3) is 0 Å². The fraction of sp³-hybridized carbons (Fsp3) is 0.462. The van der Waals surface area contributed by atoms with Crippen molar-refractivity contribution in [2.75, 3.05) is 6.54 Å². The molecule has 0 aliphatic carbocycles. The molecule has 1 aromatic carbocycles. The number of benzene rings is 1. The van der Waals surface area contributed by atoms with Crippen molar-refractivity contribution >= 4 is 21.7 Å². The number of carbonyl (C=O) groups excluding carboxylic acids is 1. The maximum atomic E-state index is 13.5. The van der Waals surface area contributed by atoms with Crippen LogP contribution in [0.5, 0.6) is 0 Å². The normalized spacial score (nSPS) is 12.5. The highest BCUT2D eigenvalue weighted by Crippen LogP contribution is 2.18. The highest BCUT2D eigenvalue weighted by Gasteiger charge is 2.15. The third-order valence-electron chi connectivity index (χ3n) is 2.77. The Morgan fingerprint density at radius 3 is 2.82 bits per heavy atom. The molecule has 1 atom stereocenters. The number of hydrogen-bond donors (Lipinski definition) is 1. The van der Waals surface area contributed by atoms with Crippen LogP contribution < -0.4 is 5.73 Å². The van der Waals surface area contributed by atoms with E-state index >= 15 is 0 Å². The van der Waals surface area contributed by atoms with E-state index in [-0.39, 0.29) is 23.9 Å². The standard InChI is InChI=1S/C13H17BrFNO/c1-9(3-2-6-16)13(17)7-10-4-5-11(14)8-12(10)15/h4-5,8-9H,2-3,6-7,16H2,1H3. The van der Waals surface area contributed by atoms with E-state index in [9.17, 15) is 9.18 Å². The third kappa shape index (κ3) is 4.56. The van der Waals surface area contributed by atoms with Crippen molar-refractivity contribution in [2.45, 2.75) is 26.2 Å². The fourth-order valence-electron chi connectivity index (χ4n) is 1.61. The molecule has 4 heteroatoms. The van der Waals surface area contributed by atoms with E-state index in [0.29, 0.717) is 16.6 Å². The first kappa shape index (κ1) is 14.3. The molecule has 0 radical (unpaired) electrons. The highest BCUT2D eigenvalue weighted by atomic mass is 79.9. The van der Waals surface area contributed by atoms with Crippen LogP contribution in [0.4, 0.5) is 4.39 Å². The second kappa shape index (κ2) is 6.87. The molecule has 0 aliphatic heterocycles. The predicted molar refractivity (Wildman–Crippen MR) is 70.3 cm³/mol. The summed E-state index contributed by atoms with van der Waals surface area (Å²) in [6.07, 6.45) is 1.76. The number of halogens is 2. The van der Waals surface area contributed by atoms with Gasteiger partial charge in [0.15, 0.2) is 0 Å². The van der Waals surface area contributed by atoms with Gasteiger partial charge in [0.1, 0.15) is 11.6 Å². The minimum atomic E-state index is -0.334. The summed E-state index contributed by atoms with van der Waals surface area (Å²) in [5.41, 5.74) is 5.85. The molecule has 0 aromatic heterocycles. The van der Waals surface area contributed by atoms with Gasteiger partial charge in [-0.3, -0.25) is 4.79 Å². The van der Waals surface area contributed by atoms with Crippen molar-refractivity contribution in [2.24, 2.45) is 11.7 Å². The lowest BCUT2D eigenvalue weighted by molar-refractivity contribution is -0.121. The average molecular weight is 302 g/mol. The second-order valence-electron chi connectivity index (χ2n) is 4.21. The van der Waals surface area contributed by atoms with Gasteiger partial charge in [0.2, 0.25) is 0 Å². The van der Waals surface area contributed by atoms with E-state index in [2.05, 4.69) is 15.9 Å². The molecular formula is C13H17BrFNO. The first-order valence-electron chi connectivity index (χ1n) is 5.71. The van der Waals surface area contributed by atoms with Crippen LogP contribution in [0.3, 0.4) is 0 Å². The van der Waals surface area contributed by atoms with Crippen LogP contribution >= 0.6 is 15.9 Å². The monoisotopic (exact) mass is 301 g/mol. The van der Waals surface area contributed by atoms with Crippen LogP contribution in [0.15, 0.2) is 22.7 Å². The zero-order chi connectivity index (χ0) is 12.8. The Bertz CT molecular complexity index is 395. The second-order valence-corrected chi connectivity index (χ2v) is 5.13. The van der Waals surface area contributed by atoms with Crippen molar-refractivity contribution < 1.29 is 9.18 Å². The molecule has 1 aromatic rings. The Hall–Kier alpha value is -0.740. The van der Waals surface area contributed by atoms with E-state index in [4.69, 9.17) is 5.73 Å². The molecular weight excluding hydrogens is 285 g/mol. The first-order chi connectivity index (χ1) is 8.04. The zero-order valence-corrected chi connectivity index (χ0v) is 11.5. The lowest BCUT2D eigenvalue weighted by Gasteiger charge is -2.10. The van der Waals surface area contributed by atoms with Crippen LogP contribution in [-0.4, -0.2) is 12.3 Å². The largest absolute Gasteiger partial charge is 0.330 e. The van der Waals surface area contributed by atoms with Gasteiger partial charge in [-0.05, 0) is 37.1 Å². The molecule has 1 rings (SSSR count). The zero-order valence-electron chi connectivity index (χ0n) is 9.88. The van der Waals surface area contributed by atoms with Gasteiger partial charge in [0, 0.05) is 16.8 Å². The fourth-order valence-corrected chi connectivity index (χ4v) is 1.95. The van der Waals surface area contributed by atoms with Crippen LogP contribution in [-0.2, 0) is 11.2 Å². The van der Waals surface area contributed by atoms with Gasteiger partial charge in [-0.1, -0.05) is 28.9 Å². The Balaban J connectivity index is 2.61. The summed E-state index contributed by atoms with van der Waals surface area (Å²) in [6, 6.07) is 4.77. The summed E-state index contributed by atoms with van der Waals surface area (Å²) in [7, 11) is 0. The van der Waals surface area contributed by atoms with Crippen molar-refractivity contribution in [3.05, 3.63) is 34.1 Å². The quantitative estimate of drug-likeness (QED) is 0.877. The molecule has 0 saturated carbocycles. The summed E-state index contributed by atoms with van der Waals surface area (Å²) in [5, 5.41) is 0. The Morgan fingerprint density at radius 1 is 1.53 bits per heavy atom. The number of carbonyl (C=O) groups is 1. The SMILES string of the molecule is CC(CCCN)C(=O)Cc1ccc(Br)cc1F. The molecule has 0 heterocycles. The Morgan fingerprint density at radius 2 is 2.24 bits per heavy atom. The number of nitrogens with two attached hydrogens (primary N) is 1. The smallest absolute Gasteiger partial charge is 0.140 e. The molecule has 94 valence electrons. The molecule has 2 nitrogen and oxygen atoms in total. The van der Waals surface area contributed by atoms with Crippen molar-refractivity contribution in [1.82, 2.24) is 0 Å². The molecule has 0 amide bonds. The average Bonchev–Trinajstić information content (AvgIpc) is 2.29. The molecule has 17 heavy (non-hydrogen) atoms. The third-order valence-corrected chi connectivity index (χ3v) is 3.26. The van der Waals surface area contributed by atoms with Crippen molar-refractivity contribution in [1.29, 1.82) is 0 Å². The van der Waals surface area contributed by atoms with E-state index in [1.54, 1.807) is 12.1 Å². The molecule has 2 N–H and O–H groups in total. The maximum absolute atomic E-state index is 13.5. The van der Waals surface area contributed by atoms with Crippen molar-refractivity contribution in [3.8, 4) is 0 Å². The molecule has 1 unspecified atom stereocenters. The van der Waals surface area contributed by atoms with Gasteiger partial charge < -0.3 is 5.73 Å². The summed E-state index contributed by atoms with van der Waals surface area (Å²) in [6.45, 7) is 2.46. The van der Waals surface area contributed by atoms with E-state index in [0.717, 1.165) is 12.8 Å². The number of ketones is 1. The summed E-state index contributed by atoms with van der Waals surface area (Å²) >= 11 is 3.19. The summed E-state index contributed by atoms with van der Waals surface area (Å²) in [5.74, 6) is -0.319. The lowest BCUT2D eigenvalue weighted by Crippen LogP contribution is -2.15. The minimum absolute atomic E-state index is 0.0541. The van der Waals surface area contributed by atoms with E-state index in [1.807, 2.05) is 6.92 Å². The van der Waals surface area contributed by atoms with Crippen LogP contribution in [0.2, 0.25) is 0 Å². The molecule has 0 aliphatic rings. The molecule has 0 spiro atoms. The molecule has 0 fully saturated rings. The topological polar surface area (TPSA) is 43.1 Å². The van der Waals surface area contributed by atoms with Gasteiger partial charge in [-0.2, -0.15) is 0 Å². The van der Waals surface area contributed by atoms with Gasteiger partial charge in [-0.15, -0.1) is 0 Å². The summed E-state index contributed by atoms with van der Waals surface area (Å²) < 4.78 is 14.2. The van der Waals surface area contributed by atoms with Gasteiger partial charge in [-0.25, -0.2) is 4.39 Å². The Labute approximate surface area is 110 Å². The van der Waals surface area contributed by atoms with Crippen LogP contribution in [0.1, 0.15) is 25.3 Å². The number of hydrogen-bond acceptors (Lipinski definition) is 2. The maximum Gasteiger partial charge on any atom is 0.140 e. The number of rotatable bonds is 6. The first-order valence-corrected chi connectivity index (χ1v) is 6.50. The summed E-state index contributed by atoms with van der Waals surface area (Å²) in [4.78, 5) is 11.8. The van der Waals surface area contributed by atoms with E-state index < -0.39 is 0 Å². The minimum Gasteiger partial charge on any atom is -0.330 e. The highest BCUT2D eigenvalue weighted by molar-refractivity contribution is 9.10. The molecule has 0 bridgehead atoms. The van der Waals surface area contributed by atoms with Gasteiger partial charge >= 0.3 is 0 Å². The molecule has 0 saturated heterocycles. The number of Topliss-reactive ketones (excluding diaryl/α,β-unsaturated/α-hetero) is 1. The lowest BCUT2D eigenvalue weighted by atomic mass is 9.95. The van der Waals surface area contributed by atoms with Gasteiger partial charge in [0.25, 0.3) is 0 Å². The van der Waals surface area contributed by atoms with Crippen LogP contribution in [0, 0.1) is 11.7 Å². The predicted octanol–water partition coefficient (Wildman–Crippen LogP) is 3.07. The van der Waals surface area contributed by atoms with E-state index in [1.165, 1.54) is 6.07 Å².